The van der Waals surface area contributed by atoms with Gasteiger partial charge in [0.2, 0.25) is 5.91 Å². The van der Waals surface area contributed by atoms with Crippen LogP contribution in [0.2, 0.25) is 0 Å². The van der Waals surface area contributed by atoms with Crippen molar-refractivity contribution < 1.29 is 22.7 Å². The van der Waals surface area contributed by atoms with Gasteiger partial charge in [0.15, 0.2) is 16.4 Å². The highest BCUT2D eigenvalue weighted by atomic mass is 32.2. The second-order valence-corrected chi connectivity index (χ2v) is 7.37. The number of benzene rings is 1. The third-order valence-electron chi connectivity index (χ3n) is 3.48. The van der Waals surface area contributed by atoms with Gasteiger partial charge in [-0.15, -0.1) is 0 Å². The van der Waals surface area contributed by atoms with E-state index in [4.69, 9.17) is 4.74 Å². The van der Waals surface area contributed by atoms with Gasteiger partial charge in [-0.2, -0.15) is 0 Å². The van der Waals surface area contributed by atoms with Crippen molar-refractivity contribution in [3.8, 4) is 5.75 Å². The number of amides is 2. The van der Waals surface area contributed by atoms with Gasteiger partial charge in [-0.3, -0.25) is 9.59 Å². The second kappa shape index (κ2) is 5.03. The van der Waals surface area contributed by atoms with E-state index in [1.807, 2.05) is 0 Å². The lowest BCUT2D eigenvalue weighted by atomic mass is 10.1. The molecule has 21 heavy (non-hydrogen) atoms. The Balaban J connectivity index is 1.72. The molecule has 7 nitrogen and oxygen atoms in total. The van der Waals surface area contributed by atoms with Crippen LogP contribution in [-0.4, -0.2) is 38.3 Å². The molecule has 0 spiro atoms. The van der Waals surface area contributed by atoms with Crippen LogP contribution in [0.1, 0.15) is 6.42 Å². The molecule has 2 aliphatic heterocycles. The summed E-state index contributed by atoms with van der Waals surface area (Å²) in [5, 5.41) is 5.32. The lowest BCUT2D eigenvalue weighted by Gasteiger charge is -2.19. The van der Waals surface area contributed by atoms with Crippen molar-refractivity contribution in [3.05, 3.63) is 18.2 Å². The molecular weight excluding hydrogens is 296 g/mol. The van der Waals surface area contributed by atoms with E-state index in [1.54, 1.807) is 18.2 Å². The van der Waals surface area contributed by atoms with E-state index in [2.05, 4.69) is 10.6 Å². The minimum absolute atomic E-state index is 0.0291. The van der Waals surface area contributed by atoms with Crippen LogP contribution < -0.4 is 15.4 Å². The highest BCUT2D eigenvalue weighted by Gasteiger charge is 2.33. The number of anilines is 2. The van der Waals surface area contributed by atoms with Crippen LogP contribution in [0.3, 0.4) is 0 Å². The fourth-order valence-corrected chi connectivity index (χ4v) is 4.15. The van der Waals surface area contributed by atoms with Gasteiger partial charge in [0.1, 0.15) is 5.75 Å². The topological polar surface area (TPSA) is 102 Å². The Kier molecular flexibility index (Phi) is 3.32. The minimum Gasteiger partial charge on any atom is -0.482 e. The molecule has 3 rings (SSSR count). The molecule has 0 aromatic heterocycles. The third kappa shape index (κ3) is 2.99. The first-order valence-electron chi connectivity index (χ1n) is 6.51. The highest BCUT2D eigenvalue weighted by Crippen LogP contribution is 2.31. The van der Waals surface area contributed by atoms with E-state index in [9.17, 15) is 18.0 Å². The molecule has 2 amide bonds. The van der Waals surface area contributed by atoms with Gasteiger partial charge in [0.25, 0.3) is 5.91 Å². The van der Waals surface area contributed by atoms with E-state index in [1.165, 1.54) is 0 Å². The molecule has 2 aliphatic rings. The number of ether oxygens (including phenoxy) is 1. The molecule has 1 atom stereocenters. The van der Waals surface area contributed by atoms with Gasteiger partial charge in [-0.25, -0.2) is 8.42 Å². The Labute approximate surface area is 121 Å². The molecule has 1 saturated heterocycles. The molecule has 1 fully saturated rings. The van der Waals surface area contributed by atoms with E-state index < -0.39 is 15.8 Å². The first-order chi connectivity index (χ1) is 9.93. The summed E-state index contributed by atoms with van der Waals surface area (Å²) in [5.74, 6) is -0.608. The molecule has 2 N–H and O–H groups in total. The van der Waals surface area contributed by atoms with E-state index >= 15 is 0 Å². The fraction of sp³-hybridized carbons (Fsp3) is 0.385. The van der Waals surface area contributed by atoms with Crippen LogP contribution in [-0.2, 0) is 19.4 Å². The predicted octanol–water partition coefficient (Wildman–Crippen LogP) is 0.391. The molecule has 2 heterocycles. The van der Waals surface area contributed by atoms with Gasteiger partial charge < -0.3 is 15.4 Å². The zero-order valence-corrected chi connectivity index (χ0v) is 11.9. The van der Waals surface area contributed by atoms with E-state index in [0.29, 0.717) is 23.5 Å². The summed E-state index contributed by atoms with van der Waals surface area (Å²) in [7, 11) is -3.09. The first kappa shape index (κ1) is 13.9. The van der Waals surface area contributed by atoms with Crippen LogP contribution in [0.4, 0.5) is 11.4 Å². The van der Waals surface area contributed by atoms with Crippen molar-refractivity contribution in [1.29, 1.82) is 0 Å². The maximum absolute atomic E-state index is 12.0. The number of rotatable bonds is 2. The van der Waals surface area contributed by atoms with Crippen LogP contribution in [0, 0.1) is 5.92 Å². The van der Waals surface area contributed by atoms with Crippen LogP contribution in [0.15, 0.2) is 18.2 Å². The molecule has 1 unspecified atom stereocenters. The molecule has 0 bridgehead atoms. The fourth-order valence-electron chi connectivity index (χ4n) is 2.41. The Bertz CT molecular complexity index is 713. The quantitative estimate of drug-likeness (QED) is 0.823. The van der Waals surface area contributed by atoms with Crippen molar-refractivity contribution in [2.75, 3.05) is 28.7 Å². The number of hydrogen-bond acceptors (Lipinski definition) is 5. The molecule has 0 aliphatic carbocycles. The maximum atomic E-state index is 12.0. The SMILES string of the molecule is O=C1COc2ccc(NC(=O)C3CCS(=O)(=O)C3)cc2N1. The van der Waals surface area contributed by atoms with Gasteiger partial charge in [-0.1, -0.05) is 0 Å². The van der Waals surface area contributed by atoms with Gasteiger partial charge in [0.05, 0.1) is 23.1 Å². The smallest absolute Gasteiger partial charge is 0.262 e. The Hall–Kier alpha value is -2.09. The standard InChI is InChI=1S/C13H14N2O5S/c16-12-6-20-11-2-1-9(5-10(11)15-12)14-13(17)8-3-4-21(18,19)7-8/h1-2,5,8H,3-4,6-7H2,(H,14,17)(H,15,16). The second-order valence-electron chi connectivity index (χ2n) is 5.14. The van der Waals surface area contributed by atoms with Gasteiger partial charge in [-0.05, 0) is 24.6 Å². The summed E-state index contributed by atoms with van der Waals surface area (Å²) in [6, 6.07) is 4.89. The molecule has 1 aromatic rings. The number of sulfone groups is 1. The van der Waals surface area contributed by atoms with E-state index in [0.717, 1.165) is 0 Å². The minimum atomic E-state index is -3.09. The van der Waals surface area contributed by atoms with Gasteiger partial charge >= 0.3 is 0 Å². The number of hydrogen-bond donors (Lipinski definition) is 2. The van der Waals surface area contributed by atoms with Crippen molar-refractivity contribution >= 4 is 33.0 Å². The zero-order valence-electron chi connectivity index (χ0n) is 11.1. The first-order valence-corrected chi connectivity index (χ1v) is 8.33. The summed E-state index contributed by atoms with van der Waals surface area (Å²) in [4.78, 5) is 23.3. The maximum Gasteiger partial charge on any atom is 0.262 e. The molecule has 0 radical (unpaired) electrons. The predicted molar refractivity (Wildman–Crippen MR) is 76.0 cm³/mol. The molecule has 112 valence electrons. The highest BCUT2D eigenvalue weighted by molar-refractivity contribution is 7.91. The average molecular weight is 310 g/mol. The molecule has 1 aromatic carbocycles. The molecule has 0 saturated carbocycles. The summed E-state index contributed by atoms with van der Waals surface area (Å²) >= 11 is 0. The molecular formula is C13H14N2O5S. The zero-order chi connectivity index (χ0) is 15.0. The van der Waals surface area contributed by atoms with Crippen molar-refractivity contribution in [3.63, 3.8) is 0 Å². The largest absolute Gasteiger partial charge is 0.482 e. The summed E-state index contributed by atoms with van der Waals surface area (Å²) < 4.78 is 28.0. The average Bonchev–Trinajstić information content (AvgIpc) is 2.79. The Morgan fingerprint density at radius 3 is 2.90 bits per heavy atom. The summed E-state index contributed by atoms with van der Waals surface area (Å²) in [5.41, 5.74) is 0.983. The summed E-state index contributed by atoms with van der Waals surface area (Å²) in [6.45, 7) is -0.0291. The van der Waals surface area contributed by atoms with E-state index in [-0.39, 0.29) is 29.9 Å². The Morgan fingerprint density at radius 2 is 2.19 bits per heavy atom. The van der Waals surface area contributed by atoms with Crippen molar-refractivity contribution in [2.45, 2.75) is 6.42 Å². The van der Waals surface area contributed by atoms with Crippen LogP contribution in [0.25, 0.3) is 0 Å². The number of fused-ring (bicyclic) bond motifs is 1. The normalized spacial score (nSPS) is 22.9. The Morgan fingerprint density at radius 1 is 1.38 bits per heavy atom. The number of nitrogens with one attached hydrogen (secondary N) is 2. The number of carbonyl (C=O) groups excluding carboxylic acids is 2. The third-order valence-corrected chi connectivity index (χ3v) is 5.25. The van der Waals surface area contributed by atoms with Crippen LogP contribution >= 0.6 is 0 Å². The molecule has 8 heteroatoms. The lowest BCUT2D eigenvalue weighted by Crippen LogP contribution is -2.26. The summed E-state index contributed by atoms with van der Waals surface area (Å²) in [6.07, 6.45) is 0.346. The van der Waals surface area contributed by atoms with Gasteiger partial charge in [0, 0.05) is 5.69 Å². The lowest BCUT2D eigenvalue weighted by molar-refractivity contribution is -0.119. The monoisotopic (exact) mass is 310 g/mol. The van der Waals surface area contributed by atoms with Crippen LogP contribution in [0.5, 0.6) is 5.75 Å². The van der Waals surface area contributed by atoms with Crippen molar-refractivity contribution in [1.82, 2.24) is 0 Å². The van der Waals surface area contributed by atoms with Crippen molar-refractivity contribution in [2.24, 2.45) is 5.92 Å². The number of carbonyl (C=O) groups is 2.